The molecule has 0 radical (unpaired) electrons. The second-order valence-corrected chi connectivity index (χ2v) is 6.58. The molecule has 1 aromatic heterocycles. The monoisotopic (exact) mass is 334 g/mol. The van der Waals surface area contributed by atoms with Crippen molar-refractivity contribution in [2.24, 2.45) is 4.99 Å². The molecule has 0 amide bonds. The number of aromatic nitrogens is 1. The number of guanidine groups is 1. The minimum atomic E-state index is -0.180. The van der Waals surface area contributed by atoms with Gasteiger partial charge in [-0.05, 0) is 24.1 Å². The number of thiazole rings is 1. The number of nitrogens with zero attached hydrogens (tertiary/aromatic N) is 2. The lowest BCUT2D eigenvalue weighted by Crippen LogP contribution is -2.36. The van der Waals surface area contributed by atoms with Gasteiger partial charge in [0.05, 0.1) is 17.2 Å². The van der Waals surface area contributed by atoms with Crippen molar-refractivity contribution in [2.75, 3.05) is 7.05 Å². The Morgan fingerprint density at radius 3 is 2.65 bits per heavy atom. The molecular formula is C17H23FN4S. The minimum Gasteiger partial charge on any atom is -0.352 e. The van der Waals surface area contributed by atoms with Crippen molar-refractivity contribution >= 4 is 17.3 Å². The van der Waals surface area contributed by atoms with Crippen molar-refractivity contribution < 1.29 is 4.39 Å². The largest absolute Gasteiger partial charge is 0.352 e. The molecule has 0 atom stereocenters. The molecule has 23 heavy (non-hydrogen) atoms. The molecular weight excluding hydrogens is 311 g/mol. The van der Waals surface area contributed by atoms with Crippen LogP contribution in [0.15, 0.2) is 28.6 Å². The van der Waals surface area contributed by atoms with Crippen LogP contribution in [0.2, 0.25) is 0 Å². The summed E-state index contributed by atoms with van der Waals surface area (Å²) in [4.78, 5) is 8.78. The van der Waals surface area contributed by atoms with Crippen LogP contribution in [0.4, 0.5) is 4.39 Å². The first kappa shape index (κ1) is 17.4. The predicted molar refractivity (Wildman–Crippen MR) is 94.4 cm³/mol. The van der Waals surface area contributed by atoms with Crippen molar-refractivity contribution in [3.05, 3.63) is 51.2 Å². The Hall–Kier alpha value is -1.95. The highest BCUT2D eigenvalue weighted by Gasteiger charge is 2.06. The van der Waals surface area contributed by atoms with E-state index in [9.17, 15) is 4.39 Å². The number of hydrogen-bond donors (Lipinski definition) is 2. The highest BCUT2D eigenvalue weighted by Crippen LogP contribution is 2.18. The van der Waals surface area contributed by atoms with Gasteiger partial charge in [0.25, 0.3) is 0 Å². The van der Waals surface area contributed by atoms with Gasteiger partial charge < -0.3 is 10.6 Å². The van der Waals surface area contributed by atoms with E-state index in [1.807, 2.05) is 6.07 Å². The molecule has 2 aromatic rings. The first-order chi connectivity index (χ1) is 11.0. The lowest BCUT2D eigenvalue weighted by Gasteiger charge is -2.11. The molecule has 0 unspecified atom stereocenters. The number of aliphatic imine (C=N–C) groups is 1. The van der Waals surface area contributed by atoms with Gasteiger partial charge in [-0.25, -0.2) is 9.37 Å². The van der Waals surface area contributed by atoms with Crippen LogP contribution < -0.4 is 10.6 Å². The summed E-state index contributed by atoms with van der Waals surface area (Å²) in [7, 11) is 1.73. The Labute approximate surface area is 140 Å². The van der Waals surface area contributed by atoms with Gasteiger partial charge in [0, 0.05) is 24.9 Å². The molecule has 124 valence electrons. The van der Waals surface area contributed by atoms with Gasteiger partial charge in [0.15, 0.2) is 5.96 Å². The van der Waals surface area contributed by atoms with Gasteiger partial charge in [0.1, 0.15) is 5.82 Å². The van der Waals surface area contributed by atoms with Crippen LogP contribution in [0.3, 0.4) is 0 Å². The molecule has 1 aromatic carbocycles. The molecule has 0 fully saturated rings. The van der Waals surface area contributed by atoms with Crippen molar-refractivity contribution in [2.45, 2.75) is 39.8 Å². The lowest BCUT2D eigenvalue weighted by atomic mass is 10.1. The van der Waals surface area contributed by atoms with Crippen LogP contribution in [-0.4, -0.2) is 18.0 Å². The number of hydrogen-bond acceptors (Lipinski definition) is 3. The minimum absolute atomic E-state index is 0.180. The molecule has 6 heteroatoms. The molecule has 0 bridgehead atoms. The third-order valence-corrected chi connectivity index (χ3v) is 4.60. The quantitative estimate of drug-likeness (QED) is 0.649. The number of rotatable bonds is 5. The molecule has 1 heterocycles. The Bertz CT molecular complexity index is 679. The molecule has 2 rings (SSSR count). The van der Waals surface area contributed by atoms with Gasteiger partial charge in [-0.3, -0.25) is 4.99 Å². The average molecular weight is 334 g/mol. The maximum Gasteiger partial charge on any atom is 0.191 e. The summed E-state index contributed by atoms with van der Waals surface area (Å²) in [6, 6.07) is 5.11. The first-order valence-electron chi connectivity index (χ1n) is 7.63. The van der Waals surface area contributed by atoms with E-state index in [-0.39, 0.29) is 5.82 Å². The van der Waals surface area contributed by atoms with Crippen molar-refractivity contribution in [1.82, 2.24) is 15.6 Å². The van der Waals surface area contributed by atoms with Crippen molar-refractivity contribution in [1.29, 1.82) is 0 Å². The van der Waals surface area contributed by atoms with Crippen LogP contribution in [0, 0.1) is 12.7 Å². The fourth-order valence-corrected chi connectivity index (χ4v) is 2.90. The zero-order valence-electron chi connectivity index (χ0n) is 14.0. The van der Waals surface area contributed by atoms with Crippen LogP contribution in [0.1, 0.15) is 41.6 Å². The van der Waals surface area contributed by atoms with E-state index < -0.39 is 0 Å². The molecule has 0 aliphatic heterocycles. The third-order valence-electron chi connectivity index (χ3n) is 3.41. The van der Waals surface area contributed by atoms with E-state index in [1.54, 1.807) is 31.4 Å². The Balaban J connectivity index is 1.86. The fourth-order valence-electron chi connectivity index (χ4n) is 2.07. The maximum atomic E-state index is 13.3. The van der Waals surface area contributed by atoms with Gasteiger partial charge >= 0.3 is 0 Å². The fraction of sp³-hybridized carbons (Fsp3) is 0.412. The van der Waals surface area contributed by atoms with E-state index in [2.05, 4.69) is 39.8 Å². The topological polar surface area (TPSA) is 49.3 Å². The Morgan fingerprint density at radius 2 is 2.04 bits per heavy atom. The SMILES string of the molecule is CN=C(NCc1ccc(F)c(C)c1)NCc1csc(C(C)C)n1. The second kappa shape index (κ2) is 8.06. The predicted octanol–water partition coefficient (Wildman–Crippen LogP) is 3.58. The summed E-state index contributed by atoms with van der Waals surface area (Å²) in [5.41, 5.74) is 2.68. The van der Waals surface area contributed by atoms with Crippen LogP contribution in [0.5, 0.6) is 0 Å². The molecule has 4 nitrogen and oxygen atoms in total. The smallest absolute Gasteiger partial charge is 0.191 e. The summed E-state index contributed by atoms with van der Waals surface area (Å²) in [5.74, 6) is 0.972. The van der Waals surface area contributed by atoms with Gasteiger partial charge in [0.2, 0.25) is 0 Å². The van der Waals surface area contributed by atoms with Gasteiger partial charge in [-0.15, -0.1) is 11.3 Å². The van der Waals surface area contributed by atoms with E-state index in [0.717, 1.165) is 16.3 Å². The molecule has 0 aliphatic rings. The van der Waals surface area contributed by atoms with E-state index >= 15 is 0 Å². The highest BCUT2D eigenvalue weighted by molar-refractivity contribution is 7.09. The van der Waals surface area contributed by atoms with Gasteiger partial charge in [-0.2, -0.15) is 0 Å². The van der Waals surface area contributed by atoms with Crippen molar-refractivity contribution in [3.63, 3.8) is 0 Å². The Kier molecular flexibility index (Phi) is 6.10. The van der Waals surface area contributed by atoms with Crippen LogP contribution in [0.25, 0.3) is 0 Å². The molecule has 2 N–H and O–H groups in total. The zero-order chi connectivity index (χ0) is 16.8. The van der Waals surface area contributed by atoms with Crippen molar-refractivity contribution in [3.8, 4) is 0 Å². The van der Waals surface area contributed by atoms with Crippen LogP contribution >= 0.6 is 11.3 Å². The number of nitrogens with one attached hydrogen (secondary N) is 2. The Morgan fingerprint density at radius 1 is 1.30 bits per heavy atom. The van der Waals surface area contributed by atoms with E-state index in [1.165, 1.54) is 6.07 Å². The standard InChI is InChI=1S/C17H23FN4S/c1-11(2)16-22-14(10-23-16)9-21-17(19-4)20-8-13-5-6-15(18)12(3)7-13/h5-7,10-11H,8-9H2,1-4H3,(H2,19,20,21). The molecule has 0 saturated heterocycles. The first-order valence-corrected chi connectivity index (χ1v) is 8.51. The number of halogens is 1. The summed E-state index contributed by atoms with van der Waals surface area (Å²) >= 11 is 1.68. The maximum absolute atomic E-state index is 13.3. The highest BCUT2D eigenvalue weighted by atomic mass is 32.1. The zero-order valence-corrected chi connectivity index (χ0v) is 14.8. The summed E-state index contributed by atoms with van der Waals surface area (Å²) in [6.07, 6.45) is 0. The summed E-state index contributed by atoms with van der Waals surface area (Å²) in [6.45, 7) is 7.27. The van der Waals surface area contributed by atoms with E-state index in [0.29, 0.717) is 30.5 Å². The molecule has 0 spiro atoms. The van der Waals surface area contributed by atoms with Gasteiger partial charge in [-0.1, -0.05) is 26.0 Å². The van der Waals surface area contributed by atoms with Crippen LogP contribution in [-0.2, 0) is 13.1 Å². The number of aryl methyl sites for hydroxylation is 1. The normalized spacial score (nSPS) is 11.8. The lowest BCUT2D eigenvalue weighted by molar-refractivity contribution is 0.617. The second-order valence-electron chi connectivity index (χ2n) is 5.69. The number of benzene rings is 1. The molecule has 0 aliphatic carbocycles. The summed E-state index contributed by atoms with van der Waals surface area (Å²) < 4.78 is 13.3. The third kappa shape index (κ3) is 5.03. The molecule has 0 saturated carbocycles. The van der Waals surface area contributed by atoms with E-state index in [4.69, 9.17) is 0 Å². The average Bonchev–Trinajstić information content (AvgIpc) is 3.00. The summed E-state index contributed by atoms with van der Waals surface area (Å²) in [5, 5.41) is 9.68.